The molecule has 2 heterocycles. The summed E-state index contributed by atoms with van der Waals surface area (Å²) in [6, 6.07) is 2.21. The van der Waals surface area contributed by atoms with Crippen LogP contribution in [0.5, 0.6) is 5.06 Å². The fourth-order valence-electron chi connectivity index (χ4n) is 1.58. The van der Waals surface area contributed by atoms with E-state index >= 15 is 0 Å². The van der Waals surface area contributed by atoms with Gasteiger partial charge in [-0.3, -0.25) is 0 Å². The smallest absolute Gasteiger partial charge is 0.243 e. The molecule has 0 radical (unpaired) electrons. The molecule has 0 saturated carbocycles. The molecular weight excluding hydrogens is 210 g/mol. The monoisotopic (exact) mass is 227 g/mol. The number of hydrogen-bond donors (Lipinski definition) is 1. The number of rotatable bonds is 2. The first-order valence-electron chi connectivity index (χ1n) is 5.06. The van der Waals surface area contributed by atoms with Crippen molar-refractivity contribution in [2.45, 2.75) is 32.6 Å². The molecule has 0 aromatic carbocycles. The van der Waals surface area contributed by atoms with Gasteiger partial charge in [0.05, 0.1) is 0 Å². The molecular formula is C10H17NOSSi. The summed E-state index contributed by atoms with van der Waals surface area (Å²) in [4.78, 5) is 1.51. The van der Waals surface area contributed by atoms with Crippen LogP contribution in [0.2, 0.25) is 19.6 Å². The summed E-state index contributed by atoms with van der Waals surface area (Å²) in [5.41, 5.74) is 1.44. The van der Waals surface area contributed by atoms with Crippen LogP contribution in [0.25, 0.3) is 0 Å². The summed E-state index contributed by atoms with van der Waals surface area (Å²) in [5, 5.41) is 4.50. The molecule has 0 spiro atoms. The second-order valence-corrected chi connectivity index (χ2v) is 10.2. The van der Waals surface area contributed by atoms with Crippen LogP contribution >= 0.6 is 11.3 Å². The van der Waals surface area contributed by atoms with Crippen LogP contribution in [0.4, 0.5) is 0 Å². The minimum Gasteiger partial charge on any atom is -0.537 e. The third-order valence-corrected chi connectivity index (χ3v) is 4.22. The minimum atomic E-state index is -1.42. The molecule has 0 atom stereocenters. The Labute approximate surface area is 90.4 Å². The highest BCUT2D eigenvalue weighted by molar-refractivity contribution is 7.14. The van der Waals surface area contributed by atoms with Crippen molar-refractivity contribution >= 4 is 19.7 Å². The standard InChI is InChI=1S/C10H17NOSSi/c1-14(2,3)12-10-6-8-7-11-5-4-9(8)13-10/h6,11H,4-5,7H2,1-3H3. The zero-order valence-electron chi connectivity index (χ0n) is 9.02. The predicted molar refractivity (Wildman–Crippen MR) is 63.7 cm³/mol. The lowest BCUT2D eigenvalue weighted by molar-refractivity contribution is 0.572. The molecule has 0 fully saturated rings. The van der Waals surface area contributed by atoms with Crippen LogP contribution in [0, 0.1) is 0 Å². The molecule has 0 bridgehead atoms. The Morgan fingerprint density at radius 2 is 2.21 bits per heavy atom. The van der Waals surface area contributed by atoms with Gasteiger partial charge in [-0.2, -0.15) is 0 Å². The van der Waals surface area contributed by atoms with Crippen molar-refractivity contribution < 1.29 is 4.43 Å². The molecule has 2 rings (SSSR count). The molecule has 1 aliphatic rings. The summed E-state index contributed by atoms with van der Waals surface area (Å²) < 4.78 is 5.98. The van der Waals surface area contributed by atoms with Crippen molar-refractivity contribution in [2.75, 3.05) is 6.54 Å². The first kappa shape index (κ1) is 10.2. The fraction of sp³-hybridized carbons (Fsp3) is 0.600. The molecule has 0 unspecified atom stereocenters. The van der Waals surface area contributed by atoms with Gasteiger partial charge in [0.25, 0.3) is 0 Å². The third kappa shape index (κ3) is 2.37. The van der Waals surface area contributed by atoms with Crippen LogP contribution in [0.15, 0.2) is 6.07 Å². The third-order valence-electron chi connectivity index (χ3n) is 2.13. The largest absolute Gasteiger partial charge is 0.537 e. The van der Waals surface area contributed by atoms with E-state index in [0.29, 0.717) is 0 Å². The van der Waals surface area contributed by atoms with Crippen LogP contribution < -0.4 is 9.74 Å². The summed E-state index contributed by atoms with van der Waals surface area (Å²) in [6.45, 7) is 8.80. The van der Waals surface area contributed by atoms with Gasteiger partial charge in [0.2, 0.25) is 8.32 Å². The van der Waals surface area contributed by atoms with Gasteiger partial charge in [0, 0.05) is 18.0 Å². The molecule has 0 aliphatic carbocycles. The molecule has 14 heavy (non-hydrogen) atoms. The van der Waals surface area contributed by atoms with E-state index in [9.17, 15) is 0 Å². The Hall–Kier alpha value is -0.323. The molecule has 0 saturated heterocycles. The number of thiophene rings is 1. The average Bonchev–Trinajstić information content (AvgIpc) is 2.42. The van der Waals surface area contributed by atoms with Crippen LogP contribution in [0.3, 0.4) is 0 Å². The van der Waals surface area contributed by atoms with Crippen molar-refractivity contribution in [3.8, 4) is 5.06 Å². The molecule has 1 aliphatic heterocycles. The normalized spacial score (nSPS) is 16.5. The number of fused-ring (bicyclic) bond motifs is 1. The zero-order valence-corrected chi connectivity index (χ0v) is 10.8. The minimum absolute atomic E-state index is 1.01. The Balaban J connectivity index is 2.16. The van der Waals surface area contributed by atoms with Gasteiger partial charge in [0.15, 0.2) is 5.06 Å². The molecule has 78 valence electrons. The van der Waals surface area contributed by atoms with Gasteiger partial charge < -0.3 is 9.74 Å². The number of hydrogen-bond acceptors (Lipinski definition) is 3. The first-order chi connectivity index (χ1) is 6.54. The maximum absolute atomic E-state index is 5.98. The first-order valence-corrected chi connectivity index (χ1v) is 9.28. The van der Waals surface area contributed by atoms with E-state index in [2.05, 4.69) is 31.0 Å². The quantitative estimate of drug-likeness (QED) is 0.784. The van der Waals surface area contributed by atoms with Crippen molar-refractivity contribution in [3.05, 3.63) is 16.5 Å². The van der Waals surface area contributed by atoms with Gasteiger partial charge in [0.1, 0.15) is 0 Å². The summed E-state index contributed by atoms with van der Waals surface area (Å²) >= 11 is 1.83. The second kappa shape index (κ2) is 3.68. The van der Waals surface area contributed by atoms with Crippen LogP contribution in [0.1, 0.15) is 10.4 Å². The highest BCUT2D eigenvalue weighted by atomic mass is 32.1. The Bertz CT molecular complexity index is 306. The fourth-order valence-corrected chi connectivity index (χ4v) is 4.07. The number of nitrogens with one attached hydrogen (secondary N) is 1. The second-order valence-electron chi connectivity index (χ2n) is 4.66. The van der Waals surface area contributed by atoms with Gasteiger partial charge in [-0.1, -0.05) is 0 Å². The summed E-state index contributed by atoms with van der Waals surface area (Å²) in [5.74, 6) is 0. The van der Waals surface area contributed by atoms with E-state index in [1.54, 1.807) is 0 Å². The lowest BCUT2D eigenvalue weighted by atomic mass is 10.1. The van der Waals surface area contributed by atoms with E-state index in [1.165, 1.54) is 10.4 Å². The van der Waals surface area contributed by atoms with Gasteiger partial charge >= 0.3 is 0 Å². The topological polar surface area (TPSA) is 21.3 Å². The van der Waals surface area contributed by atoms with Crippen LogP contribution in [-0.2, 0) is 13.0 Å². The molecule has 4 heteroatoms. The molecule has 1 aromatic rings. The van der Waals surface area contributed by atoms with Gasteiger partial charge in [-0.15, -0.1) is 11.3 Å². The lowest BCUT2D eigenvalue weighted by Gasteiger charge is -2.16. The van der Waals surface area contributed by atoms with E-state index in [4.69, 9.17) is 4.43 Å². The van der Waals surface area contributed by atoms with E-state index in [1.807, 2.05) is 11.3 Å². The van der Waals surface area contributed by atoms with Crippen molar-refractivity contribution in [2.24, 2.45) is 0 Å². The Morgan fingerprint density at radius 1 is 1.43 bits per heavy atom. The SMILES string of the molecule is C[Si](C)(C)Oc1cc2c(s1)CCNC2. The van der Waals surface area contributed by atoms with Gasteiger partial charge in [-0.25, -0.2) is 0 Å². The summed E-state index contributed by atoms with van der Waals surface area (Å²) in [7, 11) is -1.42. The highest BCUT2D eigenvalue weighted by Crippen LogP contribution is 2.32. The van der Waals surface area contributed by atoms with E-state index in [-0.39, 0.29) is 0 Å². The zero-order chi connectivity index (χ0) is 10.2. The molecule has 2 nitrogen and oxygen atoms in total. The van der Waals surface area contributed by atoms with Crippen molar-refractivity contribution in [3.63, 3.8) is 0 Å². The average molecular weight is 227 g/mol. The Kier molecular flexibility index (Phi) is 2.68. The summed E-state index contributed by atoms with van der Waals surface area (Å²) in [6.07, 6.45) is 1.16. The molecule has 1 aromatic heterocycles. The van der Waals surface area contributed by atoms with E-state index < -0.39 is 8.32 Å². The maximum Gasteiger partial charge on any atom is 0.243 e. The Morgan fingerprint density at radius 3 is 2.86 bits per heavy atom. The predicted octanol–water partition coefficient (Wildman–Crippen LogP) is 2.61. The van der Waals surface area contributed by atoms with Crippen molar-refractivity contribution in [1.82, 2.24) is 5.32 Å². The van der Waals surface area contributed by atoms with Crippen LogP contribution in [-0.4, -0.2) is 14.9 Å². The molecule has 1 N–H and O–H groups in total. The van der Waals surface area contributed by atoms with E-state index in [0.717, 1.165) is 24.6 Å². The highest BCUT2D eigenvalue weighted by Gasteiger charge is 2.20. The maximum atomic E-state index is 5.98. The lowest BCUT2D eigenvalue weighted by Crippen LogP contribution is -2.28. The molecule has 0 amide bonds. The van der Waals surface area contributed by atoms with Crippen molar-refractivity contribution in [1.29, 1.82) is 0 Å². The van der Waals surface area contributed by atoms with Gasteiger partial charge in [-0.05, 0) is 37.7 Å².